The maximum absolute atomic E-state index is 12.1. The number of ether oxygens (including phenoxy) is 5. The summed E-state index contributed by atoms with van der Waals surface area (Å²) in [6.45, 7) is 12.3. The van der Waals surface area contributed by atoms with Crippen LogP contribution in [0.4, 0.5) is 0 Å². The van der Waals surface area contributed by atoms with Gasteiger partial charge in [-0.3, -0.25) is 4.79 Å². The van der Waals surface area contributed by atoms with Gasteiger partial charge in [-0.1, -0.05) is 51.1 Å². The molecule has 4 rings (SSSR count). The number of fused-ring (bicyclic) bond motifs is 1. The molecule has 1 aliphatic rings. The third-order valence-electron chi connectivity index (χ3n) is 6.89. The molecule has 1 aliphatic heterocycles. The smallest absolute Gasteiger partial charge is 0.314 e. The van der Waals surface area contributed by atoms with Crippen LogP contribution in [0.15, 0.2) is 66.7 Å². The van der Waals surface area contributed by atoms with Gasteiger partial charge in [0.05, 0.1) is 5.41 Å². The van der Waals surface area contributed by atoms with Crippen LogP contribution in [0.25, 0.3) is 11.1 Å². The van der Waals surface area contributed by atoms with E-state index >= 15 is 0 Å². The Bertz CT molecular complexity index is 1390. The van der Waals surface area contributed by atoms with Crippen LogP contribution in [0.2, 0.25) is 0 Å². The van der Waals surface area contributed by atoms with E-state index in [0.29, 0.717) is 24.1 Å². The number of hydrogen-bond donors (Lipinski definition) is 2. The SMILES string of the molecule is CCC(=C(c1ccc(OCOC(=O)C(C)(C)C)cc1)c1ccc(OCC(O)CNC(C)C)cc1)c1ccc2c(c1)OCO2. The van der Waals surface area contributed by atoms with E-state index in [9.17, 15) is 9.90 Å². The van der Waals surface area contributed by atoms with Crippen LogP contribution in [0.1, 0.15) is 64.7 Å². The number of hydrogen-bond acceptors (Lipinski definition) is 8. The maximum Gasteiger partial charge on any atom is 0.314 e. The predicted molar refractivity (Wildman–Crippen MR) is 167 cm³/mol. The highest BCUT2D eigenvalue weighted by atomic mass is 16.7. The molecule has 0 saturated heterocycles. The van der Waals surface area contributed by atoms with Crippen LogP contribution in [-0.4, -0.2) is 50.0 Å². The van der Waals surface area contributed by atoms with Crippen molar-refractivity contribution in [3.63, 3.8) is 0 Å². The Morgan fingerprint density at radius 1 is 0.884 bits per heavy atom. The van der Waals surface area contributed by atoms with Gasteiger partial charge in [0.2, 0.25) is 13.6 Å². The fourth-order valence-corrected chi connectivity index (χ4v) is 4.55. The summed E-state index contributed by atoms with van der Waals surface area (Å²) in [5, 5.41) is 13.5. The molecule has 230 valence electrons. The monoisotopic (exact) mass is 589 g/mol. The van der Waals surface area contributed by atoms with E-state index in [-0.39, 0.29) is 26.2 Å². The molecule has 1 unspecified atom stereocenters. The molecule has 43 heavy (non-hydrogen) atoms. The third-order valence-corrected chi connectivity index (χ3v) is 6.89. The van der Waals surface area contributed by atoms with Crippen molar-refractivity contribution in [2.24, 2.45) is 5.41 Å². The first kappa shape index (κ1) is 31.9. The van der Waals surface area contributed by atoms with Gasteiger partial charge in [-0.25, -0.2) is 0 Å². The summed E-state index contributed by atoms with van der Waals surface area (Å²) in [5.41, 5.74) is 4.64. The van der Waals surface area contributed by atoms with Crippen LogP contribution in [0.5, 0.6) is 23.0 Å². The van der Waals surface area contributed by atoms with Crippen LogP contribution >= 0.6 is 0 Å². The van der Waals surface area contributed by atoms with Gasteiger partial charge in [0, 0.05) is 12.6 Å². The van der Waals surface area contributed by atoms with Gasteiger partial charge in [-0.2, -0.15) is 0 Å². The Balaban J connectivity index is 1.60. The number of allylic oxidation sites excluding steroid dienone is 1. The molecule has 1 heterocycles. The van der Waals surface area contributed by atoms with Crippen molar-refractivity contribution >= 4 is 17.1 Å². The van der Waals surface area contributed by atoms with Gasteiger partial charge < -0.3 is 34.1 Å². The minimum Gasteiger partial charge on any atom is -0.491 e. The second-order valence-electron chi connectivity index (χ2n) is 11.8. The second-order valence-corrected chi connectivity index (χ2v) is 11.8. The van der Waals surface area contributed by atoms with Crippen LogP contribution in [0, 0.1) is 5.41 Å². The Kier molecular flexibility index (Phi) is 10.7. The Morgan fingerprint density at radius 2 is 1.47 bits per heavy atom. The summed E-state index contributed by atoms with van der Waals surface area (Å²) in [5.74, 6) is 2.42. The highest BCUT2D eigenvalue weighted by molar-refractivity contribution is 5.99. The molecule has 0 radical (unpaired) electrons. The Labute approximate surface area is 254 Å². The molecule has 0 spiro atoms. The van der Waals surface area contributed by atoms with Crippen molar-refractivity contribution in [3.8, 4) is 23.0 Å². The summed E-state index contributed by atoms with van der Waals surface area (Å²) in [6, 6.07) is 22.0. The summed E-state index contributed by atoms with van der Waals surface area (Å²) in [7, 11) is 0. The first-order valence-corrected chi connectivity index (χ1v) is 14.7. The zero-order chi connectivity index (χ0) is 31.0. The van der Waals surface area contributed by atoms with Gasteiger partial charge >= 0.3 is 5.97 Å². The molecule has 0 amide bonds. The van der Waals surface area contributed by atoms with Gasteiger partial charge in [-0.05, 0) is 91.4 Å². The van der Waals surface area contributed by atoms with Crippen molar-refractivity contribution in [1.29, 1.82) is 0 Å². The molecular weight excluding hydrogens is 546 g/mol. The molecule has 0 saturated carbocycles. The molecule has 3 aromatic carbocycles. The number of carbonyl (C=O) groups is 1. The maximum atomic E-state index is 12.1. The van der Waals surface area contributed by atoms with Crippen molar-refractivity contribution < 1.29 is 33.6 Å². The number of carbonyl (C=O) groups excluding carboxylic acids is 1. The number of aliphatic hydroxyl groups excluding tert-OH is 1. The van der Waals surface area contributed by atoms with Crippen molar-refractivity contribution in [1.82, 2.24) is 5.32 Å². The highest BCUT2D eigenvalue weighted by Crippen LogP contribution is 2.40. The molecule has 2 N–H and O–H groups in total. The van der Waals surface area contributed by atoms with Crippen LogP contribution < -0.4 is 24.3 Å². The van der Waals surface area contributed by atoms with Gasteiger partial charge in [0.15, 0.2) is 11.5 Å². The molecule has 8 heteroatoms. The first-order valence-electron chi connectivity index (χ1n) is 14.7. The summed E-state index contributed by atoms with van der Waals surface area (Å²) in [4.78, 5) is 12.1. The molecule has 8 nitrogen and oxygen atoms in total. The average Bonchev–Trinajstić information content (AvgIpc) is 3.46. The van der Waals surface area contributed by atoms with E-state index in [0.717, 1.165) is 45.8 Å². The van der Waals surface area contributed by atoms with E-state index in [1.165, 1.54) is 0 Å². The van der Waals surface area contributed by atoms with E-state index in [2.05, 4.69) is 18.3 Å². The van der Waals surface area contributed by atoms with Gasteiger partial charge in [-0.15, -0.1) is 0 Å². The molecule has 0 aliphatic carbocycles. The highest BCUT2D eigenvalue weighted by Gasteiger charge is 2.23. The Hall–Kier alpha value is -4.01. The fraction of sp³-hybridized carbons (Fsp3) is 0.400. The van der Waals surface area contributed by atoms with E-state index in [1.807, 2.05) is 74.5 Å². The van der Waals surface area contributed by atoms with Crippen molar-refractivity contribution in [3.05, 3.63) is 83.4 Å². The van der Waals surface area contributed by atoms with E-state index < -0.39 is 11.5 Å². The summed E-state index contributed by atoms with van der Waals surface area (Å²) < 4.78 is 28.0. The lowest BCUT2D eigenvalue weighted by molar-refractivity contribution is -0.159. The van der Waals surface area contributed by atoms with E-state index in [4.69, 9.17) is 23.7 Å². The number of benzene rings is 3. The van der Waals surface area contributed by atoms with Gasteiger partial charge in [0.25, 0.3) is 0 Å². The molecule has 0 fully saturated rings. The fourth-order valence-electron chi connectivity index (χ4n) is 4.55. The molecule has 3 aromatic rings. The molecular formula is C35H43NO7. The van der Waals surface area contributed by atoms with Crippen molar-refractivity contribution in [2.45, 2.75) is 60.1 Å². The molecule has 0 bridgehead atoms. The number of esters is 1. The number of rotatable bonds is 13. The summed E-state index contributed by atoms with van der Waals surface area (Å²) >= 11 is 0. The van der Waals surface area contributed by atoms with Gasteiger partial charge in [0.1, 0.15) is 24.2 Å². The minimum absolute atomic E-state index is 0.154. The topological polar surface area (TPSA) is 95.5 Å². The van der Waals surface area contributed by atoms with E-state index in [1.54, 1.807) is 20.8 Å². The zero-order valence-corrected chi connectivity index (χ0v) is 25.9. The predicted octanol–water partition coefficient (Wildman–Crippen LogP) is 6.45. The van der Waals surface area contributed by atoms with Crippen LogP contribution in [-0.2, 0) is 9.53 Å². The lowest BCUT2D eigenvalue weighted by Crippen LogP contribution is -2.35. The third kappa shape index (κ3) is 8.75. The number of aliphatic hydroxyl groups is 1. The van der Waals surface area contributed by atoms with Crippen molar-refractivity contribution in [2.75, 3.05) is 26.7 Å². The largest absolute Gasteiger partial charge is 0.491 e. The average molecular weight is 590 g/mol. The standard InChI is InChI=1S/C35H43NO7/c1-7-30(26-12-17-31-32(18-26)42-22-41-31)33(24-8-13-28(14-9-24)39-20-27(37)19-36-23(2)3)25-10-15-29(16-11-25)40-21-43-34(38)35(4,5)6/h8-18,23,27,36-37H,7,19-22H2,1-6H3. The lowest BCUT2D eigenvalue weighted by atomic mass is 9.88. The second kappa shape index (κ2) is 14.4. The normalized spacial score (nSPS) is 13.9. The molecule has 0 aromatic heterocycles. The number of nitrogens with one attached hydrogen (secondary N) is 1. The van der Waals surface area contributed by atoms with Crippen LogP contribution in [0.3, 0.4) is 0 Å². The first-order chi connectivity index (χ1) is 20.5. The summed E-state index contributed by atoms with van der Waals surface area (Å²) in [6.07, 6.45) is 0.163. The minimum atomic E-state index is -0.604. The molecule has 1 atom stereocenters. The Morgan fingerprint density at radius 3 is 2.05 bits per heavy atom. The lowest BCUT2D eigenvalue weighted by Gasteiger charge is -2.19. The zero-order valence-electron chi connectivity index (χ0n) is 25.9. The quantitative estimate of drug-likeness (QED) is 0.134.